The molecule has 0 bridgehead atoms. The van der Waals surface area contributed by atoms with Crippen LogP contribution in [0.2, 0.25) is 0 Å². The van der Waals surface area contributed by atoms with Crippen molar-refractivity contribution in [3.05, 3.63) is 11.2 Å². The van der Waals surface area contributed by atoms with Crippen molar-refractivity contribution >= 4 is 27.3 Å². The number of carbonyl (C=O) groups is 1. The number of nitrogens with zero attached hydrogens (tertiary/aromatic N) is 2. The fourth-order valence-corrected chi connectivity index (χ4v) is 5.53. The molecule has 0 amide bonds. The summed E-state index contributed by atoms with van der Waals surface area (Å²) in [6.07, 6.45) is 2.46. The van der Waals surface area contributed by atoms with E-state index < -0.39 is 16.0 Å². The van der Waals surface area contributed by atoms with Crippen LogP contribution in [-0.4, -0.2) is 49.4 Å². The maximum absolute atomic E-state index is 12.8. The van der Waals surface area contributed by atoms with E-state index in [-0.39, 0.29) is 22.0 Å². The Morgan fingerprint density at radius 3 is 2.90 bits per heavy atom. The predicted octanol–water partition coefficient (Wildman–Crippen LogP) is 0.820. The van der Waals surface area contributed by atoms with Crippen molar-refractivity contribution in [2.24, 2.45) is 5.73 Å². The van der Waals surface area contributed by atoms with E-state index in [0.717, 1.165) is 30.6 Å². The van der Waals surface area contributed by atoms with Gasteiger partial charge in [-0.1, -0.05) is 6.42 Å². The highest BCUT2D eigenvalue weighted by atomic mass is 32.2. The number of esters is 1. The van der Waals surface area contributed by atoms with Crippen LogP contribution >= 0.6 is 11.3 Å². The zero-order valence-electron chi connectivity index (χ0n) is 12.0. The molecule has 2 rings (SSSR count). The molecule has 0 saturated carbocycles. The molecule has 0 radical (unpaired) electrons. The van der Waals surface area contributed by atoms with Gasteiger partial charge in [-0.15, -0.1) is 11.3 Å². The number of hydrogen-bond donors (Lipinski definition) is 1. The molecule has 7 nitrogen and oxygen atoms in total. The minimum Gasteiger partial charge on any atom is -0.464 e. The lowest BCUT2D eigenvalue weighted by Crippen LogP contribution is -2.51. The topological polar surface area (TPSA) is 103 Å². The number of hydrogen-bond acceptors (Lipinski definition) is 7. The van der Waals surface area contributed by atoms with E-state index in [1.807, 2.05) is 0 Å². The SMILES string of the molecule is COC(=O)c1ncsc1S(=O)(=O)N1CCCCC1C(C)N. The second-order valence-electron chi connectivity index (χ2n) is 5.02. The Morgan fingerprint density at radius 1 is 1.57 bits per heavy atom. The standard InChI is InChI=1S/C12H19N3O4S2/c1-8(13)9-5-3-4-6-15(9)21(17,18)12-10(11(16)19-2)14-7-20-12/h7-9H,3-6,13H2,1-2H3. The Hall–Kier alpha value is -1.03. The average Bonchev–Trinajstić information content (AvgIpc) is 2.96. The van der Waals surface area contributed by atoms with Gasteiger partial charge in [0.2, 0.25) is 0 Å². The highest BCUT2D eigenvalue weighted by Crippen LogP contribution is 2.30. The molecule has 9 heteroatoms. The number of sulfonamides is 1. The molecule has 1 aromatic rings. The quantitative estimate of drug-likeness (QED) is 0.818. The Bertz CT molecular complexity index is 612. The number of aromatic nitrogens is 1. The van der Waals surface area contributed by atoms with Gasteiger partial charge in [-0.05, 0) is 19.8 Å². The Balaban J connectivity index is 2.41. The van der Waals surface area contributed by atoms with Gasteiger partial charge in [-0.3, -0.25) is 0 Å². The molecule has 1 aromatic heterocycles. The van der Waals surface area contributed by atoms with Crippen LogP contribution in [0.4, 0.5) is 0 Å². The maximum Gasteiger partial charge on any atom is 0.358 e. The minimum atomic E-state index is -3.79. The first-order chi connectivity index (χ1) is 9.89. The summed E-state index contributed by atoms with van der Waals surface area (Å²) in [6.45, 7) is 2.21. The van der Waals surface area contributed by atoms with Gasteiger partial charge in [-0.2, -0.15) is 4.31 Å². The first-order valence-corrected chi connectivity index (χ1v) is 9.00. The highest BCUT2D eigenvalue weighted by molar-refractivity contribution is 7.91. The van der Waals surface area contributed by atoms with Crippen molar-refractivity contribution in [2.45, 2.75) is 42.5 Å². The number of rotatable bonds is 4. The molecule has 21 heavy (non-hydrogen) atoms. The molecule has 0 spiro atoms. The van der Waals surface area contributed by atoms with Crippen molar-refractivity contribution in [1.29, 1.82) is 0 Å². The summed E-state index contributed by atoms with van der Waals surface area (Å²) in [4.78, 5) is 15.5. The second-order valence-corrected chi connectivity index (χ2v) is 7.96. The van der Waals surface area contributed by atoms with Crippen LogP contribution < -0.4 is 5.73 Å². The molecule has 1 saturated heterocycles. The number of piperidine rings is 1. The third-order valence-corrected chi connectivity index (χ3v) is 6.83. The van der Waals surface area contributed by atoms with Crippen LogP contribution in [0.1, 0.15) is 36.7 Å². The minimum absolute atomic E-state index is 0.0677. The first kappa shape index (κ1) is 16.3. The number of thiazole rings is 1. The number of ether oxygens (including phenoxy) is 1. The van der Waals surface area contributed by atoms with E-state index in [4.69, 9.17) is 5.73 Å². The summed E-state index contributed by atoms with van der Waals surface area (Å²) in [5.41, 5.74) is 7.10. The summed E-state index contributed by atoms with van der Waals surface area (Å²) < 4.78 is 31.6. The van der Waals surface area contributed by atoms with Crippen LogP contribution in [0, 0.1) is 0 Å². The van der Waals surface area contributed by atoms with Crippen LogP contribution in [-0.2, 0) is 14.8 Å². The fraction of sp³-hybridized carbons (Fsp3) is 0.667. The molecule has 0 aliphatic carbocycles. The van der Waals surface area contributed by atoms with Crippen LogP contribution in [0.15, 0.2) is 9.72 Å². The molecule has 2 unspecified atom stereocenters. The summed E-state index contributed by atoms with van der Waals surface area (Å²) in [5, 5.41) is 0. The summed E-state index contributed by atoms with van der Waals surface area (Å²) >= 11 is 0.925. The van der Waals surface area contributed by atoms with E-state index in [9.17, 15) is 13.2 Å². The third kappa shape index (κ3) is 3.10. The Kier molecular flexibility index (Phi) is 4.97. The molecule has 0 aromatic carbocycles. The van der Waals surface area contributed by atoms with Gasteiger partial charge in [-0.25, -0.2) is 18.2 Å². The molecule has 118 valence electrons. The van der Waals surface area contributed by atoms with Crippen molar-refractivity contribution in [2.75, 3.05) is 13.7 Å². The van der Waals surface area contributed by atoms with Crippen LogP contribution in [0.3, 0.4) is 0 Å². The Labute approximate surface area is 128 Å². The third-order valence-electron chi connectivity index (χ3n) is 3.56. The fourth-order valence-electron chi connectivity index (χ4n) is 2.51. The molecule has 1 aliphatic heterocycles. The summed E-state index contributed by atoms with van der Waals surface area (Å²) in [6, 6.07) is -0.522. The van der Waals surface area contributed by atoms with E-state index in [1.165, 1.54) is 16.9 Å². The van der Waals surface area contributed by atoms with Crippen molar-refractivity contribution in [3.8, 4) is 0 Å². The van der Waals surface area contributed by atoms with E-state index in [0.29, 0.717) is 6.54 Å². The van der Waals surface area contributed by atoms with Gasteiger partial charge in [0.15, 0.2) is 9.90 Å². The van der Waals surface area contributed by atoms with Gasteiger partial charge in [0.05, 0.1) is 12.6 Å². The van der Waals surface area contributed by atoms with Crippen molar-refractivity contribution in [1.82, 2.24) is 9.29 Å². The molecular formula is C12H19N3O4S2. The molecular weight excluding hydrogens is 314 g/mol. The monoisotopic (exact) mass is 333 g/mol. The molecule has 1 aliphatic rings. The molecule has 1 fully saturated rings. The normalized spacial score (nSPS) is 22.0. The van der Waals surface area contributed by atoms with Gasteiger partial charge in [0.1, 0.15) is 0 Å². The summed E-state index contributed by atoms with van der Waals surface area (Å²) in [5.74, 6) is -0.746. The second kappa shape index (κ2) is 6.39. The first-order valence-electron chi connectivity index (χ1n) is 6.68. The molecule has 2 atom stereocenters. The lowest BCUT2D eigenvalue weighted by atomic mass is 10.00. The maximum atomic E-state index is 12.8. The van der Waals surface area contributed by atoms with Crippen LogP contribution in [0.5, 0.6) is 0 Å². The zero-order chi connectivity index (χ0) is 15.6. The molecule has 2 N–H and O–H groups in total. The van der Waals surface area contributed by atoms with Gasteiger partial charge in [0.25, 0.3) is 10.0 Å². The Morgan fingerprint density at radius 2 is 2.29 bits per heavy atom. The molecule has 2 heterocycles. The smallest absolute Gasteiger partial charge is 0.358 e. The van der Waals surface area contributed by atoms with Crippen molar-refractivity contribution in [3.63, 3.8) is 0 Å². The van der Waals surface area contributed by atoms with Gasteiger partial charge < -0.3 is 10.5 Å². The van der Waals surface area contributed by atoms with Gasteiger partial charge in [0, 0.05) is 18.6 Å². The lowest BCUT2D eigenvalue weighted by molar-refractivity contribution is 0.0590. The predicted molar refractivity (Wildman–Crippen MR) is 78.6 cm³/mol. The van der Waals surface area contributed by atoms with E-state index >= 15 is 0 Å². The highest BCUT2D eigenvalue weighted by Gasteiger charge is 2.38. The number of carbonyl (C=O) groups excluding carboxylic acids is 1. The van der Waals surface area contributed by atoms with Crippen LogP contribution in [0.25, 0.3) is 0 Å². The number of methoxy groups -OCH3 is 1. The van der Waals surface area contributed by atoms with E-state index in [2.05, 4.69) is 9.72 Å². The average molecular weight is 333 g/mol. The summed E-state index contributed by atoms with van der Waals surface area (Å²) in [7, 11) is -2.59. The lowest BCUT2D eigenvalue weighted by Gasteiger charge is -2.36. The van der Waals surface area contributed by atoms with Crippen molar-refractivity contribution < 1.29 is 17.9 Å². The number of nitrogens with two attached hydrogens (primary N) is 1. The zero-order valence-corrected chi connectivity index (χ0v) is 13.6. The largest absolute Gasteiger partial charge is 0.464 e. The van der Waals surface area contributed by atoms with E-state index in [1.54, 1.807) is 6.92 Å². The van der Waals surface area contributed by atoms with Gasteiger partial charge >= 0.3 is 5.97 Å².